The fourth-order valence-corrected chi connectivity index (χ4v) is 5.29. The first-order valence-corrected chi connectivity index (χ1v) is 11.5. The van der Waals surface area contributed by atoms with Crippen molar-refractivity contribution in [3.05, 3.63) is 63.8 Å². The summed E-state index contributed by atoms with van der Waals surface area (Å²) in [6.07, 6.45) is 3.06. The van der Waals surface area contributed by atoms with Crippen LogP contribution in [0.15, 0.2) is 36.4 Å². The van der Waals surface area contributed by atoms with Crippen LogP contribution in [-0.4, -0.2) is 53.7 Å². The van der Waals surface area contributed by atoms with Crippen LogP contribution in [0.4, 0.5) is 0 Å². The number of carbonyl (C=O) groups is 1. The second kappa shape index (κ2) is 7.94. The van der Waals surface area contributed by atoms with Crippen molar-refractivity contribution in [2.75, 3.05) is 33.0 Å². The van der Waals surface area contributed by atoms with Gasteiger partial charge in [0.25, 0.3) is 5.91 Å². The van der Waals surface area contributed by atoms with Gasteiger partial charge in [-0.05, 0) is 54.7 Å². The summed E-state index contributed by atoms with van der Waals surface area (Å²) in [7, 11) is 0. The van der Waals surface area contributed by atoms with E-state index in [2.05, 4.69) is 11.0 Å². The molecule has 1 saturated heterocycles. The van der Waals surface area contributed by atoms with Crippen molar-refractivity contribution >= 4 is 28.4 Å². The van der Waals surface area contributed by atoms with Crippen molar-refractivity contribution in [2.24, 2.45) is 0 Å². The minimum Gasteiger partial charge on any atom is -0.454 e. The summed E-state index contributed by atoms with van der Waals surface area (Å²) < 4.78 is 10.9. The van der Waals surface area contributed by atoms with Gasteiger partial charge < -0.3 is 14.4 Å². The van der Waals surface area contributed by atoms with E-state index in [-0.39, 0.29) is 5.91 Å². The molecule has 0 N–H and O–H groups in total. The number of hydrogen-bond acceptors (Lipinski definition) is 5. The maximum absolute atomic E-state index is 13.2. The first kappa shape index (κ1) is 19.8. The molecule has 6 nitrogen and oxygen atoms in total. The largest absolute Gasteiger partial charge is 0.454 e. The number of pyridine rings is 1. The lowest BCUT2D eigenvalue weighted by molar-refractivity contribution is 0.0628. The van der Waals surface area contributed by atoms with Gasteiger partial charge in [0.2, 0.25) is 6.79 Å². The average Bonchev–Trinajstić information content (AvgIpc) is 3.48. The molecule has 6 rings (SSSR count). The lowest BCUT2D eigenvalue weighted by atomic mass is 10.1. The maximum atomic E-state index is 13.2. The fourth-order valence-electron chi connectivity index (χ4n) is 4.93. The molecule has 1 aliphatic carbocycles. The Hall–Kier alpha value is -2.83. The summed E-state index contributed by atoms with van der Waals surface area (Å²) in [6.45, 7) is 4.22. The third-order valence-corrected chi connectivity index (χ3v) is 7.12. The summed E-state index contributed by atoms with van der Waals surface area (Å²) in [5.74, 6) is 1.68. The molecule has 0 atom stereocenters. The van der Waals surface area contributed by atoms with Crippen molar-refractivity contribution in [3.8, 4) is 11.5 Å². The van der Waals surface area contributed by atoms with Crippen molar-refractivity contribution in [3.63, 3.8) is 0 Å². The molecule has 3 aliphatic rings. The molecule has 3 aromatic rings. The minimum atomic E-state index is 0.0630. The third kappa shape index (κ3) is 3.48. The van der Waals surface area contributed by atoms with Gasteiger partial charge >= 0.3 is 0 Å². The van der Waals surface area contributed by atoms with E-state index in [9.17, 15) is 4.79 Å². The highest BCUT2D eigenvalue weighted by atomic mass is 35.5. The number of aromatic nitrogens is 1. The number of nitrogens with zero attached hydrogens (tertiary/aromatic N) is 3. The van der Waals surface area contributed by atoms with Crippen LogP contribution in [0, 0.1) is 0 Å². The zero-order chi connectivity index (χ0) is 21.7. The number of hydrogen-bond donors (Lipinski definition) is 0. The van der Waals surface area contributed by atoms with Crippen LogP contribution in [0.1, 0.15) is 33.6 Å². The Morgan fingerprint density at radius 1 is 1.00 bits per heavy atom. The van der Waals surface area contributed by atoms with Crippen molar-refractivity contribution in [2.45, 2.75) is 25.8 Å². The Kier molecular flexibility index (Phi) is 4.92. The van der Waals surface area contributed by atoms with Crippen LogP contribution in [0.3, 0.4) is 0 Å². The van der Waals surface area contributed by atoms with Crippen molar-refractivity contribution in [1.29, 1.82) is 0 Å². The number of rotatable bonds is 3. The molecule has 1 aromatic heterocycles. The fraction of sp³-hybridized carbons (Fsp3) is 0.360. The normalized spacial score (nSPS) is 17.7. The van der Waals surface area contributed by atoms with Gasteiger partial charge in [0, 0.05) is 49.4 Å². The number of ether oxygens (including phenoxy) is 2. The standard InChI is InChI=1S/C25H24ClN3O3/c26-24-18-2-1-3-20(18)27-21-13-17(5-6-19(21)24)25(30)29-10-8-28(9-11-29)14-16-4-7-22-23(12-16)32-15-31-22/h4-7,12-13H,1-3,8-11,14-15H2. The summed E-state index contributed by atoms with van der Waals surface area (Å²) in [6, 6.07) is 11.8. The Morgan fingerprint density at radius 2 is 1.84 bits per heavy atom. The van der Waals surface area contributed by atoms with Crippen molar-refractivity contribution < 1.29 is 14.3 Å². The molecule has 2 aromatic carbocycles. The van der Waals surface area contributed by atoms with E-state index in [1.807, 2.05) is 35.2 Å². The first-order valence-electron chi connectivity index (χ1n) is 11.2. The summed E-state index contributed by atoms with van der Waals surface area (Å²) in [4.78, 5) is 22.3. The number of piperazine rings is 1. The molecule has 0 radical (unpaired) electrons. The molecular formula is C25H24ClN3O3. The topological polar surface area (TPSA) is 54.9 Å². The van der Waals surface area contributed by atoms with Gasteiger partial charge in [-0.25, -0.2) is 0 Å². The molecule has 1 fully saturated rings. The van der Waals surface area contributed by atoms with Crippen LogP contribution in [0.5, 0.6) is 11.5 Å². The molecule has 164 valence electrons. The van der Waals surface area contributed by atoms with Gasteiger partial charge in [0.05, 0.1) is 10.5 Å². The number of halogens is 1. The lowest BCUT2D eigenvalue weighted by Crippen LogP contribution is -2.48. The average molecular weight is 450 g/mol. The molecule has 1 amide bonds. The predicted octanol–water partition coefficient (Wildman–Crippen LogP) is 4.06. The Labute approximate surface area is 191 Å². The van der Waals surface area contributed by atoms with Gasteiger partial charge in [-0.2, -0.15) is 0 Å². The van der Waals surface area contributed by atoms with Crippen LogP contribution >= 0.6 is 11.6 Å². The zero-order valence-electron chi connectivity index (χ0n) is 17.8. The third-order valence-electron chi connectivity index (χ3n) is 6.69. The van der Waals surface area contributed by atoms with Crippen LogP contribution < -0.4 is 9.47 Å². The van der Waals surface area contributed by atoms with Gasteiger partial charge in [0.1, 0.15) is 0 Å². The molecule has 0 spiro atoms. The molecule has 0 saturated carbocycles. The number of amides is 1. The summed E-state index contributed by atoms with van der Waals surface area (Å²) in [5, 5.41) is 1.75. The van der Waals surface area contributed by atoms with Gasteiger partial charge in [-0.3, -0.25) is 14.7 Å². The molecule has 32 heavy (non-hydrogen) atoms. The van der Waals surface area contributed by atoms with Crippen LogP contribution in [0.25, 0.3) is 10.9 Å². The summed E-state index contributed by atoms with van der Waals surface area (Å²) >= 11 is 6.63. The molecule has 7 heteroatoms. The highest BCUT2D eigenvalue weighted by Gasteiger charge is 2.24. The molecule has 3 heterocycles. The Balaban J connectivity index is 1.13. The number of aryl methyl sites for hydroxylation is 1. The Bertz CT molecular complexity index is 1220. The SMILES string of the molecule is O=C(c1ccc2c(Cl)c3c(nc2c1)CCC3)N1CCN(Cc2ccc3c(c2)OCO3)CC1. The summed E-state index contributed by atoms with van der Waals surface area (Å²) in [5.41, 5.74) is 4.96. The van der Waals surface area contributed by atoms with E-state index >= 15 is 0 Å². The van der Waals surface area contributed by atoms with E-state index in [4.69, 9.17) is 26.1 Å². The number of fused-ring (bicyclic) bond motifs is 3. The predicted molar refractivity (Wildman–Crippen MR) is 123 cm³/mol. The lowest BCUT2D eigenvalue weighted by Gasteiger charge is -2.34. The Morgan fingerprint density at radius 3 is 2.72 bits per heavy atom. The van der Waals surface area contributed by atoms with E-state index < -0.39 is 0 Å². The molecular weight excluding hydrogens is 426 g/mol. The molecule has 0 unspecified atom stereocenters. The van der Waals surface area contributed by atoms with E-state index in [0.717, 1.165) is 72.0 Å². The smallest absolute Gasteiger partial charge is 0.254 e. The van der Waals surface area contributed by atoms with Gasteiger partial charge in [-0.1, -0.05) is 23.7 Å². The number of benzene rings is 2. The molecule has 2 aliphatic heterocycles. The van der Waals surface area contributed by atoms with Crippen molar-refractivity contribution in [1.82, 2.24) is 14.8 Å². The van der Waals surface area contributed by atoms with E-state index in [1.165, 1.54) is 11.1 Å². The second-order valence-electron chi connectivity index (χ2n) is 8.69. The van der Waals surface area contributed by atoms with Gasteiger partial charge in [-0.15, -0.1) is 0 Å². The monoisotopic (exact) mass is 449 g/mol. The van der Waals surface area contributed by atoms with E-state index in [1.54, 1.807) is 0 Å². The van der Waals surface area contributed by atoms with Gasteiger partial charge in [0.15, 0.2) is 11.5 Å². The first-order chi connectivity index (χ1) is 15.7. The van der Waals surface area contributed by atoms with Crippen LogP contribution in [0.2, 0.25) is 5.02 Å². The minimum absolute atomic E-state index is 0.0630. The molecule has 0 bridgehead atoms. The van der Waals surface area contributed by atoms with E-state index in [0.29, 0.717) is 25.4 Å². The quantitative estimate of drug-likeness (QED) is 0.603. The zero-order valence-corrected chi connectivity index (χ0v) is 18.5. The van der Waals surface area contributed by atoms with Crippen LogP contribution in [-0.2, 0) is 19.4 Å². The highest BCUT2D eigenvalue weighted by Crippen LogP contribution is 2.34. The maximum Gasteiger partial charge on any atom is 0.254 e. The highest BCUT2D eigenvalue weighted by molar-refractivity contribution is 6.36. The second-order valence-corrected chi connectivity index (χ2v) is 9.07. The number of carbonyl (C=O) groups excluding carboxylic acids is 1.